The Hall–Kier alpha value is -1.56. The molecule has 0 fully saturated rings. The molecule has 1 aromatic rings. The van der Waals surface area contributed by atoms with Crippen molar-refractivity contribution in [2.45, 2.75) is 32.8 Å². The van der Waals surface area contributed by atoms with Crippen LogP contribution in [-0.4, -0.2) is 29.3 Å². The summed E-state index contributed by atoms with van der Waals surface area (Å²) in [6, 6.07) is 0. The summed E-state index contributed by atoms with van der Waals surface area (Å²) in [5.41, 5.74) is 6.93. The average Bonchev–Trinajstić information content (AvgIpc) is 2.57. The molecule has 6 nitrogen and oxygen atoms in total. The zero-order valence-electron chi connectivity index (χ0n) is 9.83. The van der Waals surface area contributed by atoms with Crippen LogP contribution in [0.5, 0.6) is 0 Å². The first-order chi connectivity index (χ1) is 7.54. The quantitative estimate of drug-likeness (QED) is 0.699. The number of rotatable bonds is 5. The maximum Gasteiger partial charge on any atom is 0.225 e. The third kappa shape index (κ3) is 3.23. The Balaban J connectivity index is 2.43. The van der Waals surface area contributed by atoms with E-state index in [1.54, 1.807) is 14.0 Å². The highest BCUT2D eigenvalue weighted by molar-refractivity contribution is 5.92. The van der Waals surface area contributed by atoms with Crippen LogP contribution in [0.1, 0.15) is 25.5 Å². The summed E-state index contributed by atoms with van der Waals surface area (Å²) in [4.78, 5) is 11.5. The van der Waals surface area contributed by atoms with Gasteiger partial charge in [-0.25, -0.2) is 0 Å². The van der Waals surface area contributed by atoms with Gasteiger partial charge in [-0.2, -0.15) is 5.10 Å². The van der Waals surface area contributed by atoms with E-state index in [2.05, 4.69) is 15.5 Å². The fraction of sp³-hybridized carbons (Fsp3) is 0.600. The Morgan fingerprint density at radius 3 is 2.88 bits per heavy atom. The topological polar surface area (TPSA) is 93.0 Å². The first-order valence-corrected chi connectivity index (χ1v) is 5.17. The number of nitrogens with zero attached hydrogens (tertiary/aromatic N) is 1. The molecule has 1 aromatic heterocycles. The largest absolute Gasteiger partial charge is 0.394 e. The Morgan fingerprint density at radius 2 is 2.38 bits per heavy atom. The van der Waals surface area contributed by atoms with E-state index in [1.807, 2.05) is 6.92 Å². The Labute approximate surface area is 94.5 Å². The van der Waals surface area contributed by atoms with Crippen molar-refractivity contribution in [2.75, 3.05) is 18.2 Å². The number of nitrogens with one attached hydrogen (secondary N) is 2. The zero-order valence-corrected chi connectivity index (χ0v) is 9.83. The summed E-state index contributed by atoms with van der Waals surface area (Å²) in [6.07, 6.45) is 1.13. The van der Waals surface area contributed by atoms with Crippen molar-refractivity contribution in [1.82, 2.24) is 10.2 Å². The smallest absolute Gasteiger partial charge is 0.225 e. The first-order valence-electron chi connectivity index (χ1n) is 5.17. The van der Waals surface area contributed by atoms with Crippen LogP contribution in [0, 0.1) is 6.92 Å². The van der Waals surface area contributed by atoms with Crippen LogP contribution in [0.2, 0.25) is 0 Å². The van der Waals surface area contributed by atoms with Gasteiger partial charge >= 0.3 is 0 Å². The highest BCUT2D eigenvalue weighted by Crippen LogP contribution is 2.18. The van der Waals surface area contributed by atoms with E-state index in [9.17, 15) is 4.79 Å². The number of hydrogen-bond donors (Lipinski definition) is 3. The van der Waals surface area contributed by atoms with Gasteiger partial charge in [0.2, 0.25) is 5.91 Å². The number of ether oxygens (including phenoxy) is 1. The van der Waals surface area contributed by atoms with E-state index >= 15 is 0 Å². The minimum atomic E-state index is -0.109. The molecule has 4 N–H and O–H groups in total. The maximum absolute atomic E-state index is 11.5. The van der Waals surface area contributed by atoms with Crippen molar-refractivity contribution in [3.05, 3.63) is 5.69 Å². The molecule has 6 heteroatoms. The Kier molecular flexibility index (Phi) is 4.30. The van der Waals surface area contributed by atoms with Gasteiger partial charge in [0.15, 0.2) is 5.82 Å². The van der Waals surface area contributed by atoms with Gasteiger partial charge < -0.3 is 15.8 Å². The predicted octanol–water partition coefficient (Wildman–Crippen LogP) is 1.05. The third-order valence-electron chi connectivity index (χ3n) is 2.43. The number of carbonyl (C=O) groups is 1. The minimum absolute atomic E-state index is 0.0732. The molecule has 90 valence electrons. The lowest BCUT2D eigenvalue weighted by molar-refractivity contribution is -0.116. The van der Waals surface area contributed by atoms with Gasteiger partial charge in [-0.1, -0.05) is 0 Å². The van der Waals surface area contributed by atoms with Crippen molar-refractivity contribution < 1.29 is 9.53 Å². The zero-order chi connectivity index (χ0) is 12.1. The minimum Gasteiger partial charge on any atom is -0.394 e. The maximum atomic E-state index is 11.5. The number of carbonyl (C=O) groups excluding carboxylic acids is 1. The van der Waals surface area contributed by atoms with Gasteiger partial charge in [0.05, 0.1) is 17.5 Å². The van der Waals surface area contributed by atoms with Crippen LogP contribution >= 0.6 is 0 Å². The summed E-state index contributed by atoms with van der Waals surface area (Å²) in [7, 11) is 1.62. The van der Waals surface area contributed by atoms with E-state index in [4.69, 9.17) is 10.5 Å². The molecule has 0 spiro atoms. The third-order valence-corrected chi connectivity index (χ3v) is 2.43. The number of nitrogens with two attached hydrogens (primary N) is 1. The molecular weight excluding hydrogens is 208 g/mol. The van der Waals surface area contributed by atoms with Crippen LogP contribution in [-0.2, 0) is 9.53 Å². The molecule has 0 bridgehead atoms. The standard InChI is InChI=1S/C10H18N4O2/c1-6(16-3)4-5-8(15)12-10-9(11)7(2)13-14-10/h6H,4-5,11H2,1-3H3,(H2,12,13,14,15). The Morgan fingerprint density at radius 1 is 1.69 bits per heavy atom. The number of aromatic nitrogens is 2. The SMILES string of the molecule is COC(C)CCC(=O)Nc1n[nH]c(C)c1N. The number of anilines is 2. The molecule has 1 amide bonds. The normalized spacial score (nSPS) is 12.4. The molecule has 0 saturated heterocycles. The van der Waals surface area contributed by atoms with E-state index in [-0.39, 0.29) is 12.0 Å². The summed E-state index contributed by atoms with van der Waals surface area (Å²) in [5.74, 6) is 0.287. The summed E-state index contributed by atoms with van der Waals surface area (Å²) >= 11 is 0. The second-order valence-electron chi connectivity index (χ2n) is 3.74. The number of hydrogen-bond acceptors (Lipinski definition) is 4. The van der Waals surface area contributed by atoms with Crippen LogP contribution in [0.25, 0.3) is 0 Å². The molecule has 0 saturated carbocycles. The second-order valence-corrected chi connectivity index (χ2v) is 3.74. The van der Waals surface area contributed by atoms with Crippen molar-refractivity contribution in [2.24, 2.45) is 0 Å². The van der Waals surface area contributed by atoms with Crippen LogP contribution in [0.4, 0.5) is 11.5 Å². The van der Waals surface area contributed by atoms with Gasteiger partial charge in [-0.05, 0) is 20.3 Å². The van der Waals surface area contributed by atoms with E-state index < -0.39 is 0 Å². The number of amides is 1. The van der Waals surface area contributed by atoms with Crippen molar-refractivity contribution in [3.63, 3.8) is 0 Å². The Bertz CT molecular complexity index is 362. The molecule has 1 rings (SSSR count). The number of methoxy groups -OCH3 is 1. The monoisotopic (exact) mass is 226 g/mol. The van der Waals surface area contributed by atoms with Crippen molar-refractivity contribution in [3.8, 4) is 0 Å². The molecular formula is C10H18N4O2. The van der Waals surface area contributed by atoms with Crippen molar-refractivity contribution >= 4 is 17.4 Å². The highest BCUT2D eigenvalue weighted by atomic mass is 16.5. The molecule has 1 heterocycles. The average molecular weight is 226 g/mol. The predicted molar refractivity (Wildman–Crippen MR) is 62.1 cm³/mol. The van der Waals surface area contributed by atoms with Gasteiger partial charge in [0, 0.05) is 13.5 Å². The molecule has 1 unspecified atom stereocenters. The summed E-state index contributed by atoms with van der Waals surface area (Å²) < 4.78 is 5.05. The van der Waals surface area contributed by atoms with E-state index in [0.29, 0.717) is 24.3 Å². The molecule has 0 aliphatic heterocycles. The number of aromatic amines is 1. The van der Waals surface area contributed by atoms with Gasteiger partial charge in [-0.15, -0.1) is 0 Å². The number of nitrogen functional groups attached to an aromatic ring is 1. The molecule has 0 aromatic carbocycles. The number of aryl methyl sites for hydroxylation is 1. The lowest BCUT2D eigenvalue weighted by atomic mass is 10.2. The molecule has 1 atom stereocenters. The van der Waals surface area contributed by atoms with Gasteiger partial charge in [0.1, 0.15) is 0 Å². The fourth-order valence-corrected chi connectivity index (χ4v) is 1.18. The fourth-order valence-electron chi connectivity index (χ4n) is 1.18. The number of H-pyrrole nitrogens is 1. The second kappa shape index (κ2) is 5.50. The van der Waals surface area contributed by atoms with Gasteiger partial charge in [0.25, 0.3) is 0 Å². The van der Waals surface area contributed by atoms with E-state index in [1.165, 1.54) is 0 Å². The van der Waals surface area contributed by atoms with E-state index in [0.717, 1.165) is 5.69 Å². The lowest BCUT2D eigenvalue weighted by Gasteiger charge is -2.08. The van der Waals surface area contributed by atoms with Crippen LogP contribution in [0.15, 0.2) is 0 Å². The van der Waals surface area contributed by atoms with Crippen LogP contribution < -0.4 is 11.1 Å². The lowest BCUT2D eigenvalue weighted by Crippen LogP contribution is -2.16. The van der Waals surface area contributed by atoms with Gasteiger partial charge in [-0.3, -0.25) is 9.89 Å². The molecule has 0 aliphatic rings. The molecule has 0 radical (unpaired) electrons. The molecule has 0 aliphatic carbocycles. The van der Waals surface area contributed by atoms with Crippen molar-refractivity contribution in [1.29, 1.82) is 0 Å². The summed E-state index contributed by atoms with van der Waals surface area (Å²) in [6.45, 7) is 3.71. The van der Waals surface area contributed by atoms with Crippen LogP contribution in [0.3, 0.4) is 0 Å². The molecule has 16 heavy (non-hydrogen) atoms. The summed E-state index contributed by atoms with van der Waals surface area (Å²) in [5, 5.41) is 9.24. The first kappa shape index (κ1) is 12.5. The highest BCUT2D eigenvalue weighted by Gasteiger charge is 2.11.